The van der Waals surface area contributed by atoms with Crippen LogP contribution in [0.4, 0.5) is 0 Å². The normalized spacial score (nSPS) is 16.0. The molecule has 1 aromatic carbocycles. The van der Waals surface area contributed by atoms with Gasteiger partial charge >= 0.3 is 0 Å². The molecule has 2 aromatic rings. The third-order valence-electron chi connectivity index (χ3n) is 3.46. The van der Waals surface area contributed by atoms with Gasteiger partial charge in [0, 0.05) is 18.0 Å². The monoisotopic (exact) mass is 277 g/mol. The standard InChI is InChI=1S/C17H15N3O/c1-11-5-6-14(8-12(11)2)16-19-15(17(21)20-16)9-13-4-3-7-18-10-13/h3-10H,1-2H3,(H,19,20,21)/b15-9+. The zero-order valence-corrected chi connectivity index (χ0v) is 11.9. The number of hydrogen-bond acceptors (Lipinski definition) is 3. The van der Waals surface area contributed by atoms with Crippen LogP contribution < -0.4 is 5.32 Å². The second-order valence-corrected chi connectivity index (χ2v) is 5.03. The van der Waals surface area contributed by atoms with Crippen LogP contribution in [-0.2, 0) is 4.79 Å². The van der Waals surface area contributed by atoms with Gasteiger partial charge in [0.05, 0.1) is 0 Å². The number of aryl methyl sites for hydroxylation is 2. The number of carbonyl (C=O) groups excluding carboxylic acids is 1. The number of aliphatic imine (C=N–C) groups is 1. The predicted octanol–water partition coefficient (Wildman–Crippen LogP) is 2.62. The molecule has 4 nitrogen and oxygen atoms in total. The Morgan fingerprint density at radius 3 is 2.71 bits per heavy atom. The molecule has 104 valence electrons. The molecule has 3 rings (SSSR count). The highest BCUT2D eigenvalue weighted by Crippen LogP contribution is 2.16. The van der Waals surface area contributed by atoms with E-state index in [2.05, 4.69) is 22.2 Å². The Kier molecular flexibility index (Phi) is 3.36. The van der Waals surface area contributed by atoms with Crippen molar-refractivity contribution in [3.8, 4) is 0 Å². The highest BCUT2D eigenvalue weighted by Gasteiger charge is 2.21. The number of amidine groups is 1. The van der Waals surface area contributed by atoms with Crippen LogP contribution in [0.2, 0.25) is 0 Å². The molecular formula is C17H15N3O. The Balaban J connectivity index is 1.95. The Morgan fingerprint density at radius 1 is 1.14 bits per heavy atom. The van der Waals surface area contributed by atoms with Crippen molar-refractivity contribution in [2.75, 3.05) is 0 Å². The average Bonchev–Trinajstić information content (AvgIpc) is 2.84. The average molecular weight is 277 g/mol. The van der Waals surface area contributed by atoms with E-state index in [1.807, 2.05) is 37.3 Å². The van der Waals surface area contributed by atoms with Gasteiger partial charge in [0.1, 0.15) is 11.5 Å². The second-order valence-electron chi connectivity index (χ2n) is 5.03. The highest BCUT2D eigenvalue weighted by atomic mass is 16.2. The molecule has 0 saturated heterocycles. The van der Waals surface area contributed by atoms with E-state index < -0.39 is 0 Å². The molecule has 0 fully saturated rings. The fourth-order valence-corrected chi connectivity index (χ4v) is 2.11. The molecule has 0 unspecified atom stereocenters. The SMILES string of the molecule is Cc1ccc(C2=N/C(=C/c3cccnc3)C(=O)N2)cc1C. The molecule has 1 amide bonds. The van der Waals surface area contributed by atoms with Crippen LogP contribution in [0.15, 0.2) is 53.4 Å². The maximum atomic E-state index is 12.0. The van der Waals surface area contributed by atoms with Crippen molar-refractivity contribution in [1.82, 2.24) is 10.3 Å². The number of nitrogens with zero attached hydrogens (tertiary/aromatic N) is 2. The molecule has 2 heterocycles. The second kappa shape index (κ2) is 5.32. The maximum Gasteiger partial charge on any atom is 0.275 e. The number of benzene rings is 1. The van der Waals surface area contributed by atoms with Gasteiger partial charge in [-0.3, -0.25) is 9.78 Å². The largest absolute Gasteiger partial charge is 0.305 e. The lowest BCUT2D eigenvalue weighted by molar-refractivity contribution is -0.115. The van der Waals surface area contributed by atoms with Crippen LogP contribution in [-0.4, -0.2) is 16.7 Å². The van der Waals surface area contributed by atoms with E-state index in [0.29, 0.717) is 11.5 Å². The summed E-state index contributed by atoms with van der Waals surface area (Å²) in [6.45, 7) is 4.10. The van der Waals surface area contributed by atoms with Gasteiger partial charge in [0.2, 0.25) is 0 Å². The number of amides is 1. The first-order chi connectivity index (χ1) is 10.1. The van der Waals surface area contributed by atoms with E-state index in [-0.39, 0.29) is 5.91 Å². The molecule has 1 aromatic heterocycles. The molecule has 1 N–H and O–H groups in total. The van der Waals surface area contributed by atoms with E-state index in [4.69, 9.17) is 0 Å². The molecule has 1 aliphatic heterocycles. The first-order valence-corrected chi connectivity index (χ1v) is 6.73. The third kappa shape index (κ3) is 2.74. The number of pyridine rings is 1. The van der Waals surface area contributed by atoms with Crippen molar-refractivity contribution in [3.05, 3.63) is 70.7 Å². The van der Waals surface area contributed by atoms with Gasteiger partial charge in [-0.2, -0.15) is 0 Å². The smallest absolute Gasteiger partial charge is 0.275 e. The summed E-state index contributed by atoms with van der Waals surface area (Å²) in [7, 11) is 0. The lowest BCUT2D eigenvalue weighted by atomic mass is 10.1. The lowest BCUT2D eigenvalue weighted by Crippen LogP contribution is -2.24. The van der Waals surface area contributed by atoms with Crippen LogP contribution in [0.5, 0.6) is 0 Å². The fourth-order valence-electron chi connectivity index (χ4n) is 2.11. The molecule has 0 spiro atoms. The number of rotatable bonds is 2. The molecule has 0 aliphatic carbocycles. The minimum Gasteiger partial charge on any atom is -0.305 e. The molecular weight excluding hydrogens is 262 g/mol. The molecule has 0 saturated carbocycles. The van der Waals surface area contributed by atoms with E-state index in [1.165, 1.54) is 11.1 Å². The van der Waals surface area contributed by atoms with Crippen molar-refractivity contribution in [2.45, 2.75) is 13.8 Å². The molecule has 0 radical (unpaired) electrons. The van der Waals surface area contributed by atoms with Gasteiger partial charge in [-0.1, -0.05) is 18.2 Å². The quantitative estimate of drug-likeness (QED) is 0.858. The lowest BCUT2D eigenvalue weighted by Gasteiger charge is -2.04. The summed E-state index contributed by atoms with van der Waals surface area (Å²) in [5, 5.41) is 2.81. The van der Waals surface area contributed by atoms with Gasteiger partial charge in [-0.05, 0) is 48.7 Å². The molecule has 0 atom stereocenters. The Hall–Kier alpha value is -2.75. The topological polar surface area (TPSA) is 54.4 Å². The van der Waals surface area contributed by atoms with E-state index in [0.717, 1.165) is 11.1 Å². The van der Waals surface area contributed by atoms with E-state index in [1.54, 1.807) is 18.5 Å². The number of carbonyl (C=O) groups is 1. The summed E-state index contributed by atoms with van der Waals surface area (Å²) in [4.78, 5) is 20.4. The minimum absolute atomic E-state index is 0.188. The number of hydrogen-bond donors (Lipinski definition) is 1. The van der Waals surface area contributed by atoms with Crippen molar-refractivity contribution < 1.29 is 4.79 Å². The van der Waals surface area contributed by atoms with Gasteiger partial charge in [-0.25, -0.2) is 4.99 Å². The van der Waals surface area contributed by atoms with Crippen LogP contribution in [0.25, 0.3) is 6.08 Å². The fraction of sp³-hybridized carbons (Fsp3) is 0.118. The maximum absolute atomic E-state index is 12.0. The molecule has 4 heteroatoms. The van der Waals surface area contributed by atoms with Gasteiger partial charge in [0.25, 0.3) is 5.91 Å². The summed E-state index contributed by atoms with van der Waals surface area (Å²) in [5.41, 5.74) is 4.56. The predicted molar refractivity (Wildman–Crippen MR) is 82.8 cm³/mol. The molecule has 21 heavy (non-hydrogen) atoms. The van der Waals surface area contributed by atoms with Crippen molar-refractivity contribution in [1.29, 1.82) is 0 Å². The number of aromatic nitrogens is 1. The Bertz CT molecular complexity index is 761. The first kappa shape index (κ1) is 13.2. The zero-order valence-electron chi connectivity index (χ0n) is 11.9. The van der Waals surface area contributed by atoms with Crippen LogP contribution in [0, 0.1) is 13.8 Å². The molecule has 1 aliphatic rings. The van der Waals surface area contributed by atoms with Crippen LogP contribution in [0.1, 0.15) is 22.3 Å². The van der Waals surface area contributed by atoms with Gasteiger partial charge in [0.15, 0.2) is 0 Å². The minimum atomic E-state index is -0.188. The summed E-state index contributed by atoms with van der Waals surface area (Å²) in [6, 6.07) is 9.74. The van der Waals surface area contributed by atoms with Crippen molar-refractivity contribution in [2.24, 2.45) is 4.99 Å². The summed E-state index contributed by atoms with van der Waals surface area (Å²) in [6.07, 6.45) is 5.13. The van der Waals surface area contributed by atoms with Crippen molar-refractivity contribution in [3.63, 3.8) is 0 Å². The van der Waals surface area contributed by atoms with Gasteiger partial charge < -0.3 is 5.32 Å². The first-order valence-electron chi connectivity index (χ1n) is 6.73. The van der Waals surface area contributed by atoms with Crippen LogP contribution >= 0.6 is 0 Å². The van der Waals surface area contributed by atoms with E-state index >= 15 is 0 Å². The molecule has 0 bridgehead atoms. The summed E-state index contributed by atoms with van der Waals surface area (Å²) in [5.74, 6) is 0.408. The number of nitrogens with one attached hydrogen (secondary N) is 1. The summed E-state index contributed by atoms with van der Waals surface area (Å²) < 4.78 is 0. The van der Waals surface area contributed by atoms with Crippen molar-refractivity contribution >= 4 is 17.8 Å². The zero-order chi connectivity index (χ0) is 14.8. The van der Waals surface area contributed by atoms with Gasteiger partial charge in [-0.15, -0.1) is 0 Å². The Morgan fingerprint density at radius 2 is 2.00 bits per heavy atom. The van der Waals surface area contributed by atoms with E-state index in [9.17, 15) is 4.79 Å². The third-order valence-corrected chi connectivity index (χ3v) is 3.46. The summed E-state index contributed by atoms with van der Waals surface area (Å²) >= 11 is 0. The van der Waals surface area contributed by atoms with Crippen LogP contribution in [0.3, 0.4) is 0 Å². The highest BCUT2D eigenvalue weighted by molar-refractivity contribution is 6.19. The Labute approximate surface area is 123 Å².